The van der Waals surface area contributed by atoms with Crippen LogP contribution >= 0.6 is 0 Å². The maximum atomic E-state index is 11.3. The van der Waals surface area contributed by atoms with Gasteiger partial charge in [0.15, 0.2) is 11.5 Å². The Labute approximate surface area is 102 Å². The molecule has 0 saturated heterocycles. The molecule has 0 atom stereocenters. The number of phenolic OH excluding ortho intramolecular Hbond substituents is 2. The average molecular weight is 246 g/mol. The van der Waals surface area contributed by atoms with Gasteiger partial charge in [0, 0.05) is 6.07 Å². The van der Waals surface area contributed by atoms with Crippen molar-refractivity contribution in [2.75, 3.05) is 0 Å². The zero-order valence-corrected chi connectivity index (χ0v) is 9.20. The maximum Gasteiger partial charge on any atom is 0.346 e. The van der Waals surface area contributed by atoms with Crippen molar-refractivity contribution in [3.63, 3.8) is 0 Å². The number of hydrogen-bond donors (Lipinski definition) is 3. The van der Waals surface area contributed by atoms with Crippen LogP contribution in [-0.2, 0) is 0 Å². The van der Waals surface area contributed by atoms with Crippen molar-refractivity contribution in [3.8, 4) is 17.2 Å². The van der Waals surface area contributed by atoms with Crippen LogP contribution in [0.4, 0.5) is 0 Å². The van der Waals surface area contributed by atoms with E-state index in [9.17, 15) is 15.0 Å². The molecule has 1 heterocycles. The largest absolute Gasteiger partial charge is 0.507 e. The molecule has 0 aliphatic carbocycles. The molecule has 1 aromatic carbocycles. The molecule has 0 unspecified atom stereocenters. The Morgan fingerprint density at radius 2 is 1.72 bits per heavy atom. The highest BCUT2D eigenvalue weighted by Crippen LogP contribution is 2.26. The Kier molecular flexibility index (Phi) is 3.05. The van der Waals surface area contributed by atoms with E-state index in [4.69, 9.17) is 5.11 Å². The Hall–Kier alpha value is -2.69. The summed E-state index contributed by atoms with van der Waals surface area (Å²) >= 11 is 0. The molecule has 0 bridgehead atoms. The predicted octanol–water partition coefficient (Wildman–Crippen LogP) is 1.93. The summed E-state index contributed by atoms with van der Waals surface area (Å²) in [6.45, 7) is 0. The van der Waals surface area contributed by atoms with E-state index in [1.54, 1.807) is 6.07 Å². The first kappa shape index (κ1) is 11.8. The van der Waals surface area contributed by atoms with E-state index >= 15 is 0 Å². The highest BCUT2D eigenvalue weighted by atomic mass is 16.4. The molecular weight excluding hydrogens is 236 g/mol. The fourth-order valence-corrected chi connectivity index (χ4v) is 1.40. The number of hydrogen-bond acceptors (Lipinski definition) is 5. The van der Waals surface area contributed by atoms with E-state index < -0.39 is 5.63 Å². The Balaban J connectivity index is 2.36. The number of phenols is 2. The quantitative estimate of drug-likeness (QED) is 0.704. The van der Waals surface area contributed by atoms with Crippen LogP contribution in [0, 0.1) is 0 Å². The topological polar surface area (TPSA) is 90.9 Å². The summed E-state index contributed by atoms with van der Waals surface area (Å²) in [5.74, 6) is -0.679. The summed E-state index contributed by atoms with van der Waals surface area (Å²) in [4.78, 5) is 11.3. The minimum Gasteiger partial charge on any atom is -0.507 e. The van der Waals surface area contributed by atoms with Gasteiger partial charge in [0.25, 0.3) is 0 Å². The van der Waals surface area contributed by atoms with Gasteiger partial charge in [-0.2, -0.15) is 0 Å². The van der Waals surface area contributed by atoms with Crippen LogP contribution in [0.15, 0.2) is 39.7 Å². The Morgan fingerprint density at radius 1 is 0.944 bits per heavy atom. The molecule has 0 aliphatic heterocycles. The SMILES string of the molecule is O=c1occc(O)c1C=Cc1ccc(O)c(O)c1. The predicted molar refractivity (Wildman–Crippen MR) is 65.3 cm³/mol. The molecule has 92 valence electrons. The third kappa shape index (κ3) is 2.35. The molecule has 0 aliphatic rings. The zero-order chi connectivity index (χ0) is 13.1. The van der Waals surface area contributed by atoms with Crippen LogP contribution in [0.1, 0.15) is 11.1 Å². The van der Waals surface area contributed by atoms with Crippen molar-refractivity contribution in [2.24, 2.45) is 0 Å². The van der Waals surface area contributed by atoms with Crippen molar-refractivity contribution in [2.45, 2.75) is 0 Å². The molecule has 3 N–H and O–H groups in total. The third-order valence-electron chi connectivity index (χ3n) is 2.34. The molecule has 1 aromatic heterocycles. The minimum absolute atomic E-state index is 0.0186. The van der Waals surface area contributed by atoms with Gasteiger partial charge in [-0.3, -0.25) is 0 Å². The lowest BCUT2D eigenvalue weighted by molar-refractivity contribution is 0.403. The summed E-state index contributed by atoms with van der Waals surface area (Å²) in [6.07, 6.45) is 3.97. The van der Waals surface area contributed by atoms with Gasteiger partial charge in [-0.1, -0.05) is 12.1 Å². The second-order valence-electron chi connectivity index (χ2n) is 3.59. The first-order valence-electron chi connectivity index (χ1n) is 5.09. The second-order valence-corrected chi connectivity index (χ2v) is 3.59. The van der Waals surface area contributed by atoms with Gasteiger partial charge >= 0.3 is 5.63 Å². The normalized spacial score (nSPS) is 10.9. The van der Waals surface area contributed by atoms with E-state index in [1.165, 1.54) is 30.4 Å². The van der Waals surface area contributed by atoms with Gasteiger partial charge in [0.2, 0.25) is 0 Å². The van der Waals surface area contributed by atoms with Crippen LogP contribution in [0.2, 0.25) is 0 Å². The van der Waals surface area contributed by atoms with Crippen molar-refractivity contribution >= 4 is 12.2 Å². The zero-order valence-electron chi connectivity index (χ0n) is 9.20. The summed E-state index contributed by atoms with van der Waals surface area (Å²) in [5, 5.41) is 27.9. The molecule has 0 fully saturated rings. The van der Waals surface area contributed by atoms with E-state index in [2.05, 4.69) is 4.42 Å². The van der Waals surface area contributed by atoms with Gasteiger partial charge in [-0.25, -0.2) is 4.79 Å². The van der Waals surface area contributed by atoms with Crippen molar-refractivity contribution < 1.29 is 19.7 Å². The van der Waals surface area contributed by atoms with Gasteiger partial charge in [0.1, 0.15) is 11.3 Å². The van der Waals surface area contributed by atoms with Gasteiger partial charge in [0.05, 0.1) is 6.26 Å². The van der Waals surface area contributed by atoms with Crippen LogP contribution in [0.25, 0.3) is 12.2 Å². The van der Waals surface area contributed by atoms with E-state index in [0.717, 1.165) is 6.26 Å². The van der Waals surface area contributed by atoms with Crippen LogP contribution in [0.3, 0.4) is 0 Å². The third-order valence-corrected chi connectivity index (χ3v) is 2.34. The highest BCUT2D eigenvalue weighted by Gasteiger charge is 2.03. The van der Waals surface area contributed by atoms with Crippen LogP contribution in [-0.4, -0.2) is 15.3 Å². The average Bonchev–Trinajstić information content (AvgIpc) is 2.33. The van der Waals surface area contributed by atoms with Crippen molar-refractivity contribution in [1.82, 2.24) is 0 Å². The lowest BCUT2D eigenvalue weighted by Crippen LogP contribution is -2.01. The molecule has 2 rings (SSSR count). The lowest BCUT2D eigenvalue weighted by atomic mass is 10.1. The maximum absolute atomic E-state index is 11.3. The fraction of sp³-hybridized carbons (Fsp3) is 0. The summed E-state index contributed by atoms with van der Waals surface area (Å²) in [6, 6.07) is 5.46. The molecule has 2 aromatic rings. The second kappa shape index (κ2) is 4.67. The monoisotopic (exact) mass is 246 g/mol. The Bertz CT molecular complexity index is 655. The van der Waals surface area contributed by atoms with Crippen LogP contribution in [0.5, 0.6) is 17.2 Å². The lowest BCUT2D eigenvalue weighted by Gasteiger charge is -1.99. The molecule has 0 saturated carbocycles. The van der Waals surface area contributed by atoms with E-state index in [0.29, 0.717) is 5.56 Å². The molecule has 5 heteroatoms. The fourth-order valence-electron chi connectivity index (χ4n) is 1.40. The summed E-state index contributed by atoms with van der Waals surface area (Å²) in [5.41, 5.74) is -0.0766. The number of aromatic hydroxyl groups is 3. The van der Waals surface area contributed by atoms with E-state index in [1.807, 2.05) is 0 Å². The molecular formula is C13H10O5. The smallest absolute Gasteiger partial charge is 0.346 e. The first-order valence-corrected chi connectivity index (χ1v) is 5.09. The summed E-state index contributed by atoms with van der Waals surface area (Å²) < 4.78 is 4.61. The molecule has 0 amide bonds. The van der Waals surface area contributed by atoms with Crippen LogP contribution < -0.4 is 5.63 Å². The van der Waals surface area contributed by atoms with Crippen molar-refractivity contribution in [1.29, 1.82) is 0 Å². The Morgan fingerprint density at radius 3 is 2.39 bits per heavy atom. The standard InChI is InChI=1S/C13H10O5/c14-10-5-6-18-13(17)9(10)3-1-8-2-4-11(15)12(16)7-8/h1-7,14-16H. The van der Waals surface area contributed by atoms with Crippen molar-refractivity contribution in [3.05, 3.63) is 52.1 Å². The molecule has 18 heavy (non-hydrogen) atoms. The number of benzene rings is 1. The van der Waals surface area contributed by atoms with E-state index in [-0.39, 0.29) is 22.8 Å². The molecule has 0 radical (unpaired) electrons. The van der Waals surface area contributed by atoms with Gasteiger partial charge in [-0.15, -0.1) is 0 Å². The van der Waals surface area contributed by atoms with Gasteiger partial charge < -0.3 is 19.7 Å². The first-order chi connectivity index (χ1) is 8.58. The number of rotatable bonds is 2. The molecule has 5 nitrogen and oxygen atoms in total. The molecule has 0 spiro atoms. The minimum atomic E-state index is -0.658. The highest BCUT2D eigenvalue weighted by molar-refractivity contribution is 5.72. The van der Waals surface area contributed by atoms with Gasteiger partial charge in [-0.05, 0) is 23.8 Å². The summed E-state index contributed by atoms with van der Waals surface area (Å²) in [7, 11) is 0.